The first-order valence-electron chi connectivity index (χ1n) is 6.40. The molecular formula is C12H23N3S. The Bertz CT molecular complexity index is 251. The van der Waals surface area contributed by atoms with Gasteiger partial charge in [-0.2, -0.15) is 11.8 Å². The summed E-state index contributed by atoms with van der Waals surface area (Å²) in [5.74, 6) is 3.27. The number of aliphatic imine (C=N–C) groups is 1. The van der Waals surface area contributed by atoms with Gasteiger partial charge in [-0.15, -0.1) is 0 Å². The summed E-state index contributed by atoms with van der Waals surface area (Å²) in [6.07, 6.45) is 4.07. The molecule has 1 atom stereocenters. The van der Waals surface area contributed by atoms with Crippen molar-refractivity contribution in [1.82, 2.24) is 10.2 Å². The molecule has 0 spiro atoms. The van der Waals surface area contributed by atoms with Crippen molar-refractivity contribution in [3.05, 3.63) is 0 Å². The molecule has 4 heteroatoms. The van der Waals surface area contributed by atoms with Crippen LogP contribution in [0.5, 0.6) is 0 Å². The Labute approximate surface area is 103 Å². The highest BCUT2D eigenvalue weighted by atomic mass is 32.2. The molecule has 3 nitrogen and oxygen atoms in total. The lowest BCUT2D eigenvalue weighted by Crippen LogP contribution is -2.48. The minimum Gasteiger partial charge on any atom is -0.356 e. The van der Waals surface area contributed by atoms with Gasteiger partial charge in [-0.05, 0) is 25.2 Å². The van der Waals surface area contributed by atoms with Crippen LogP contribution in [0.1, 0.15) is 26.2 Å². The SMILES string of the molecule is CCC1CN(C(=NC)NCC2CC2)CCS1. The second-order valence-corrected chi connectivity index (χ2v) is 6.13. The van der Waals surface area contributed by atoms with Crippen molar-refractivity contribution in [1.29, 1.82) is 0 Å². The average molecular weight is 241 g/mol. The third-order valence-corrected chi connectivity index (χ3v) is 4.72. The van der Waals surface area contributed by atoms with Crippen molar-refractivity contribution in [2.24, 2.45) is 10.9 Å². The molecule has 1 N–H and O–H groups in total. The van der Waals surface area contributed by atoms with Crippen LogP contribution in [0.15, 0.2) is 4.99 Å². The molecule has 1 heterocycles. The van der Waals surface area contributed by atoms with Gasteiger partial charge in [-0.25, -0.2) is 0 Å². The van der Waals surface area contributed by atoms with Gasteiger partial charge in [-0.1, -0.05) is 6.92 Å². The Hall–Kier alpha value is -0.380. The molecule has 0 aromatic carbocycles. The minimum atomic E-state index is 0.785. The van der Waals surface area contributed by atoms with E-state index in [1.165, 1.54) is 25.0 Å². The van der Waals surface area contributed by atoms with Crippen LogP contribution in [0.25, 0.3) is 0 Å². The number of hydrogen-bond acceptors (Lipinski definition) is 2. The normalized spacial score (nSPS) is 27.0. The molecule has 1 unspecified atom stereocenters. The fourth-order valence-corrected chi connectivity index (χ4v) is 3.23. The van der Waals surface area contributed by atoms with Crippen molar-refractivity contribution in [3.63, 3.8) is 0 Å². The van der Waals surface area contributed by atoms with Gasteiger partial charge in [0.15, 0.2) is 5.96 Å². The van der Waals surface area contributed by atoms with Gasteiger partial charge >= 0.3 is 0 Å². The number of guanidine groups is 1. The average Bonchev–Trinajstić information content (AvgIpc) is 3.14. The Morgan fingerprint density at radius 3 is 2.94 bits per heavy atom. The molecule has 0 aromatic rings. The summed E-state index contributed by atoms with van der Waals surface area (Å²) in [6.45, 7) is 5.70. The van der Waals surface area contributed by atoms with E-state index in [2.05, 4.69) is 33.9 Å². The van der Waals surface area contributed by atoms with Gasteiger partial charge in [-0.3, -0.25) is 4.99 Å². The molecule has 0 amide bonds. The molecular weight excluding hydrogens is 218 g/mol. The maximum absolute atomic E-state index is 4.40. The number of hydrogen-bond donors (Lipinski definition) is 1. The zero-order chi connectivity index (χ0) is 11.4. The first-order chi connectivity index (χ1) is 7.83. The highest BCUT2D eigenvalue weighted by Crippen LogP contribution is 2.27. The molecule has 0 radical (unpaired) electrons. The van der Waals surface area contributed by atoms with Crippen LogP contribution in [0.3, 0.4) is 0 Å². The Morgan fingerprint density at radius 1 is 1.50 bits per heavy atom. The first kappa shape index (κ1) is 12.1. The van der Waals surface area contributed by atoms with Crippen molar-refractivity contribution in [2.45, 2.75) is 31.4 Å². The van der Waals surface area contributed by atoms with Crippen LogP contribution in [0, 0.1) is 5.92 Å². The molecule has 1 saturated heterocycles. The van der Waals surface area contributed by atoms with E-state index in [4.69, 9.17) is 0 Å². The monoisotopic (exact) mass is 241 g/mol. The lowest BCUT2D eigenvalue weighted by atomic mass is 10.3. The van der Waals surface area contributed by atoms with Crippen molar-refractivity contribution >= 4 is 17.7 Å². The molecule has 1 saturated carbocycles. The summed E-state index contributed by atoms with van der Waals surface area (Å²) in [4.78, 5) is 6.83. The van der Waals surface area contributed by atoms with Crippen molar-refractivity contribution in [3.8, 4) is 0 Å². The Balaban J connectivity index is 1.82. The molecule has 0 aromatic heterocycles. The van der Waals surface area contributed by atoms with Gasteiger partial charge in [0, 0.05) is 37.7 Å². The van der Waals surface area contributed by atoms with Crippen LogP contribution in [-0.4, -0.2) is 48.5 Å². The van der Waals surface area contributed by atoms with Gasteiger partial charge < -0.3 is 10.2 Å². The van der Waals surface area contributed by atoms with Crippen LogP contribution in [0.4, 0.5) is 0 Å². The Morgan fingerprint density at radius 2 is 2.31 bits per heavy atom. The van der Waals surface area contributed by atoms with E-state index < -0.39 is 0 Å². The first-order valence-corrected chi connectivity index (χ1v) is 7.45. The lowest BCUT2D eigenvalue weighted by Gasteiger charge is -2.34. The molecule has 2 aliphatic rings. The van der Waals surface area contributed by atoms with E-state index in [0.717, 1.165) is 36.8 Å². The third kappa shape index (κ3) is 3.30. The summed E-state index contributed by atoms with van der Waals surface area (Å²) < 4.78 is 0. The summed E-state index contributed by atoms with van der Waals surface area (Å²) in [6, 6.07) is 0. The van der Waals surface area contributed by atoms with E-state index in [9.17, 15) is 0 Å². The van der Waals surface area contributed by atoms with Crippen LogP contribution >= 0.6 is 11.8 Å². The van der Waals surface area contributed by atoms with Gasteiger partial charge in [0.1, 0.15) is 0 Å². The molecule has 0 bridgehead atoms. The topological polar surface area (TPSA) is 27.6 Å². The molecule has 92 valence electrons. The molecule has 2 fully saturated rings. The fraction of sp³-hybridized carbons (Fsp3) is 0.917. The van der Waals surface area contributed by atoms with Crippen molar-refractivity contribution in [2.75, 3.05) is 32.4 Å². The number of rotatable bonds is 3. The van der Waals surface area contributed by atoms with Gasteiger partial charge in [0.2, 0.25) is 0 Å². The largest absolute Gasteiger partial charge is 0.356 e. The lowest BCUT2D eigenvalue weighted by molar-refractivity contribution is 0.407. The molecule has 1 aliphatic carbocycles. The standard InChI is InChI=1S/C12H23N3S/c1-3-11-9-15(6-7-16-11)12(13-2)14-8-10-4-5-10/h10-11H,3-9H2,1-2H3,(H,13,14). The van der Waals surface area contributed by atoms with E-state index in [0.29, 0.717) is 0 Å². The van der Waals surface area contributed by atoms with E-state index in [1.807, 2.05) is 7.05 Å². The quantitative estimate of drug-likeness (QED) is 0.603. The second-order valence-electron chi connectivity index (χ2n) is 4.72. The molecule has 2 rings (SSSR count). The van der Waals surface area contributed by atoms with Gasteiger partial charge in [0.05, 0.1) is 0 Å². The highest BCUT2D eigenvalue weighted by Gasteiger charge is 2.24. The second kappa shape index (κ2) is 5.80. The summed E-state index contributed by atoms with van der Waals surface area (Å²) in [7, 11) is 1.90. The zero-order valence-corrected chi connectivity index (χ0v) is 11.2. The summed E-state index contributed by atoms with van der Waals surface area (Å²) in [5.41, 5.74) is 0. The predicted molar refractivity (Wildman–Crippen MR) is 72.2 cm³/mol. The Kier molecular flexibility index (Phi) is 4.38. The predicted octanol–water partition coefficient (Wildman–Crippen LogP) is 1.80. The number of thioether (sulfide) groups is 1. The summed E-state index contributed by atoms with van der Waals surface area (Å²) in [5, 5.41) is 4.30. The maximum Gasteiger partial charge on any atom is 0.193 e. The van der Waals surface area contributed by atoms with Gasteiger partial charge in [0.25, 0.3) is 0 Å². The number of nitrogens with zero attached hydrogens (tertiary/aromatic N) is 2. The zero-order valence-electron chi connectivity index (χ0n) is 10.4. The van der Waals surface area contributed by atoms with Crippen LogP contribution < -0.4 is 5.32 Å². The van der Waals surface area contributed by atoms with E-state index >= 15 is 0 Å². The van der Waals surface area contributed by atoms with Crippen molar-refractivity contribution < 1.29 is 0 Å². The van der Waals surface area contributed by atoms with Crippen LogP contribution in [-0.2, 0) is 0 Å². The number of nitrogens with one attached hydrogen (secondary N) is 1. The smallest absolute Gasteiger partial charge is 0.193 e. The molecule has 1 aliphatic heterocycles. The van der Waals surface area contributed by atoms with E-state index in [-0.39, 0.29) is 0 Å². The fourth-order valence-electron chi connectivity index (χ4n) is 2.05. The third-order valence-electron chi connectivity index (χ3n) is 3.35. The maximum atomic E-state index is 4.40. The highest BCUT2D eigenvalue weighted by molar-refractivity contribution is 8.00. The van der Waals surface area contributed by atoms with E-state index in [1.54, 1.807) is 0 Å². The summed E-state index contributed by atoms with van der Waals surface area (Å²) >= 11 is 2.11. The minimum absolute atomic E-state index is 0.785. The van der Waals surface area contributed by atoms with Crippen LogP contribution in [0.2, 0.25) is 0 Å². The molecule has 16 heavy (non-hydrogen) atoms.